The first-order chi connectivity index (χ1) is 10.6. The Bertz CT molecular complexity index is 652. The highest BCUT2D eigenvalue weighted by Crippen LogP contribution is 2.22. The molecule has 0 saturated carbocycles. The van der Waals surface area contributed by atoms with Gasteiger partial charge in [0.1, 0.15) is 18.0 Å². The van der Waals surface area contributed by atoms with Crippen LogP contribution < -0.4 is 15.8 Å². The van der Waals surface area contributed by atoms with Crippen LogP contribution in [0.25, 0.3) is 0 Å². The maximum atomic E-state index is 10.9. The highest BCUT2D eigenvalue weighted by Gasteiger charge is 2.13. The topological polar surface area (TPSA) is 90.4 Å². The van der Waals surface area contributed by atoms with Crippen LogP contribution in [-0.4, -0.2) is 24.1 Å². The van der Waals surface area contributed by atoms with Crippen molar-refractivity contribution in [1.82, 2.24) is 0 Å². The van der Waals surface area contributed by atoms with E-state index in [9.17, 15) is 10.1 Å². The Hall–Kier alpha value is -2.12. The molecule has 2 aromatic rings. The van der Waals surface area contributed by atoms with E-state index in [2.05, 4.69) is 5.32 Å². The molecule has 0 saturated heterocycles. The van der Waals surface area contributed by atoms with Crippen molar-refractivity contribution in [3.63, 3.8) is 0 Å². The second kappa shape index (κ2) is 9.12. The van der Waals surface area contributed by atoms with Crippen molar-refractivity contribution >= 4 is 28.4 Å². The normalized spacial score (nSPS) is 11.2. The van der Waals surface area contributed by atoms with Crippen LogP contribution in [0.1, 0.15) is 5.56 Å². The molecule has 23 heavy (non-hydrogen) atoms. The fraction of sp³-hybridized carbons (Fsp3) is 0.250. The van der Waals surface area contributed by atoms with Gasteiger partial charge in [-0.25, -0.2) is 0 Å². The molecule has 2 rings (SSSR count). The zero-order chi connectivity index (χ0) is 15.9. The smallest absolute Gasteiger partial charge is 0.292 e. The van der Waals surface area contributed by atoms with Crippen LogP contribution in [0.15, 0.2) is 48.5 Å². The minimum absolute atomic E-state index is 0. The molecular weight excluding hydrogens is 362 g/mol. The number of rotatable bonds is 7. The number of hydrogen-bond donors (Lipinski definition) is 2. The van der Waals surface area contributed by atoms with E-state index < -0.39 is 4.92 Å². The maximum absolute atomic E-state index is 10.9. The summed E-state index contributed by atoms with van der Waals surface area (Å²) in [5.41, 5.74) is 7.58. The number of halogens is 1. The van der Waals surface area contributed by atoms with E-state index in [1.165, 1.54) is 6.07 Å². The summed E-state index contributed by atoms with van der Waals surface area (Å²) in [4.78, 5) is 10.5. The summed E-state index contributed by atoms with van der Waals surface area (Å²) >= 11 is 0. The predicted octanol–water partition coefficient (Wildman–Crippen LogP) is 3.30. The summed E-state index contributed by atoms with van der Waals surface area (Å²) in [5.74, 6) is 0.765. The van der Waals surface area contributed by atoms with E-state index in [4.69, 9.17) is 10.5 Å². The quantitative estimate of drug-likeness (QED) is 0.567. The van der Waals surface area contributed by atoms with Gasteiger partial charge in [0.05, 0.1) is 11.0 Å². The average Bonchev–Trinajstić information content (AvgIpc) is 2.51. The summed E-state index contributed by atoms with van der Waals surface area (Å²) in [6.07, 6.45) is 0. The molecule has 0 fully saturated rings. The molecule has 7 heteroatoms. The standard InChI is InChI=1S/C16H19N3O3.BrH/c1-12-5-4-6-14(9-12)22-11-13(17)10-18-15-7-2-3-8-16(15)19(20)21;/h2-9,13,18H,10-11,17H2,1H3;1H. The van der Waals surface area contributed by atoms with Crippen LogP contribution >= 0.6 is 17.0 Å². The van der Waals surface area contributed by atoms with Gasteiger partial charge in [-0.3, -0.25) is 10.1 Å². The summed E-state index contributed by atoms with van der Waals surface area (Å²) in [6.45, 7) is 2.70. The Morgan fingerprint density at radius 1 is 1.26 bits per heavy atom. The van der Waals surface area contributed by atoms with Crippen LogP contribution in [0.2, 0.25) is 0 Å². The van der Waals surface area contributed by atoms with E-state index in [1.54, 1.807) is 18.2 Å². The van der Waals surface area contributed by atoms with Crippen molar-refractivity contribution in [2.24, 2.45) is 5.73 Å². The number of nitro benzene ring substituents is 1. The van der Waals surface area contributed by atoms with Gasteiger partial charge in [0.25, 0.3) is 5.69 Å². The first-order valence-electron chi connectivity index (χ1n) is 6.98. The first-order valence-corrected chi connectivity index (χ1v) is 6.98. The molecule has 0 aliphatic carbocycles. The molecule has 0 radical (unpaired) electrons. The molecule has 0 heterocycles. The summed E-state index contributed by atoms with van der Waals surface area (Å²) < 4.78 is 5.62. The van der Waals surface area contributed by atoms with Gasteiger partial charge in [-0.15, -0.1) is 17.0 Å². The van der Waals surface area contributed by atoms with Gasteiger partial charge in [0.2, 0.25) is 0 Å². The lowest BCUT2D eigenvalue weighted by Gasteiger charge is -2.15. The number of anilines is 1. The van der Waals surface area contributed by atoms with Gasteiger partial charge in [0.15, 0.2) is 0 Å². The Kier molecular flexibility index (Phi) is 7.50. The molecule has 2 aromatic carbocycles. The largest absolute Gasteiger partial charge is 0.492 e. The van der Waals surface area contributed by atoms with Crippen LogP contribution in [0.5, 0.6) is 5.75 Å². The lowest BCUT2D eigenvalue weighted by Crippen LogP contribution is -2.35. The van der Waals surface area contributed by atoms with E-state index in [-0.39, 0.29) is 28.7 Å². The van der Waals surface area contributed by atoms with E-state index in [0.717, 1.165) is 11.3 Å². The number of para-hydroxylation sites is 2. The van der Waals surface area contributed by atoms with Crippen molar-refractivity contribution in [2.75, 3.05) is 18.5 Å². The molecule has 1 atom stereocenters. The van der Waals surface area contributed by atoms with Crippen LogP contribution in [-0.2, 0) is 0 Å². The minimum Gasteiger partial charge on any atom is -0.492 e. The predicted molar refractivity (Wildman–Crippen MR) is 96.6 cm³/mol. The third-order valence-corrected chi connectivity index (χ3v) is 3.11. The molecule has 1 unspecified atom stereocenters. The number of benzene rings is 2. The van der Waals surface area contributed by atoms with E-state index in [0.29, 0.717) is 18.8 Å². The number of nitro groups is 1. The SMILES string of the molecule is Br.Cc1cccc(OCC(N)CNc2ccccc2[N+](=O)[O-])c1. The van der Waals surface area contributed by atoms with Crippen molar-refractivity contribution < 1.29 is 9.66 Å². The van der Waals surface area contributed by atoms with Crippen LogP contribution in [0.3, 0.4) is 0 Å². The van der Waals surface area contributed by atoms with Crippen molar-refractivity contribution in [1.29, 1.82) is 0 Å². The monoisotopic (exact) mass is 381 g/mol. The molecule has 0 spiro atoms. The Morgan fingerprint density at radius 3 is 2.70 bits per heavy atom. The number of nitrogens with one attached hydrogen (secondary N) is 1. The summed E-state index contributed by atoms with van der Waals surface area (Å²) in [6, 6.07) is 13.9. The number of hydrogen-bond acceptors (Lipinski definition) is 5. The lowest BCUT2D eigenvalue weighted by atomic mass is 10.2. The number of ether oxygens (including phenoxy) is 1. The Morgan fingerprint density at radius 2 is 2.00 bits per heavy atom. The van der Waals surface area contributed by atoms with Gasteiger partial charge in [-0.1, -0.05) is 24.3 Å². The lowest BCUT2D eigenvalue weighted by molar-refractivity contribution is -0.384. The zero-order valence-corrected chi connectivity index (χ0v) is 14.5. The Labute approximate surface area is 145 Å². The van der Waals surface area contributed by atoms with E-state index in [1.807, 2.05) is 31.2 Å². The fourth-order valence-corrected chi connectivity index (χ4v) is 1.99. The molecule has 0 aliphatic rings. The summed E-state index contributed by atoms with van der Waals surface area (Å²) in [7, 11) is 0. The van der Waals surface area contributed by atoms with Gasteiger partial charge < -0.3 is 15.8 Å². The van der Waals surface area contributed by atoms with Gasteiger partial charge in [-0.05, 0) is 30.7 Å². The van der Waals surface area contributed by atoms with Crippen molar-refractivity contribution in [3.05, 3.63) is 64.2 Å². The highest BCUT2D eigenvalue weighted by atomic mass is 79.9. The van der Waals surface area contributed by atoms with Crippen LogP contribution in [0, 0.1) is 17.0 Å². The molecule has 0 amide bonds. The van der Waals surface area contributed by atoms with Crippen molar-refractivity contribution in [3.8, 4) is 5.75 Å². The number of nitrogens with two attached hydrogens (primary N) is 1. The second-order valence-electron chi connectivity index (χ2n) is 5.04. The average molecular weight is 382 g/mol. The first kappa shape index (κ1) is 18.9. The zero-order valence-electron chi connectivity index (χ0n) is 12.8. The fourth-order valence-electron chi connectivity index (χ4n) is 1.99. The number of aryl methyl sites for hydroxylation is 1. The molecule has 3 N–H and O–H groups in total. The second-order valence-corrected chi connectivity index (χ2v) is 5.04. The van der Waals surface area contributed by atoms with Gasteiger partial charge in [0, 0.05) is 12.6 Å². The third kappa shape index (κ3) is 5.88. The molecule has 0 aliphatic heterocycles. The van der Waals surface area contributed by atoms with Gasteiger partial charge >= 0.3 is 0 Å². The van der Waals surface area contributed by atoms with Gasteiger partial charge in [-0.2, -0.15) is 0 Å². The van der Waals surface area contributed by atoms with Crippen molar-refractivity contribution in [2.45, 2.75) is 13.0 Å². The summed E-state index contributed by atoms with van der Waals surface area (Å²) in [5, 5.41) is 13.9. The van der Waals surface area contributed by atoms with Crippen LogP contribution in [0.4, 0.5) is 11.4 Å². The third-order valence-electron chi connectivity index (χ3n) is 3.11. The molecular formula is C16H20BrN3O3. The maximum Gasteiger partial charge on any atom is 0.292 e. The Balaban J connectivity index is 0.00000264. The number of nitrogens with zero attached hydrogens (tertiary/aromatic N) is 1. The van der Waals surface area contributed by atoms with E-state index >= 15 is 0 Å². The molecule has 0 bridgehead atoms. The highest BCUT2D eigenvalue weighted by molar-refractivity contribution is 8.93. The molecule has 6 nitrogen and oxygen atoms in total. The molecule has 124 valence electrons. The molecule has 0 aromatic heterocycles. The minimum atomic E-state index is -0.420.